The second kappa shape index (κ2) is 8.05. The predicted octanol–water partition coefficient (Wildman–Crippen LogP) is 4.20. The van der Waals surface area contributed by atoms with Crippen molar-refractivity contribution >= 4 is 22.7 Å². The number of piperidine rings is 1. The maximum atomic E-state index is 13.0. The van der Waals surface area contributed by atoms with Gasteiger partial charge >= 0.3 is 11.9 Å². The van der Waals surface area contributed by atoms with Gasteiger partial charge in [-0.2, -0.15) is 0 Å². The molecule has 0 radical (unpaired) electrons. The van der Waals surface area contributed by atoms with Gasteiger partial charge in [0, 0.05) is 19.8 Å². The molecular weight excluding hydrogens is 366 g/mol. The molecule has 5 heteroatoms. The Morgan fingerprint density at radius 3 is 2.31 bits per heavy atom. The van der Waals surface area contributed by atoms with Crippen LogP contribution >= 0.6 is 0 Å². The molecule has 4 rings (SSSR count). The van der Waals surface area contributed by atoms with Gasteiger partial charge in [0.15, 0.2) is 0 Å². The summed E-state index contributed by atoms with van der Waals surface area (Å²) in [6.45, 7) is 2.98. The molecule has 0 atom stereocenters. The van der Waals surface area contributed by atoms with E-state index in [0.29, 0.717) is 11.3 Å². The second-order valence-corrected chi connectivity index (χ2v) is 7.32. The van der Waals surface area contributed by atoms with Gasteiger partial charge in [-0.25, -0.2) is 4.79 Å². The highest BCUT2D eigenvalue weighted by molar-refractivity contribution is 5.96. The number of ether oxygens (including phenoxy) is 2. The molecule has 0 saturated carbocycles. The number of benzene rings is 3. The fourth-order valence-electron chi connectivity index (χ4n) is 3.84. The highest BCUT2D eigenvalue weighted by Gasteiger charge is 2.38. The van der Waals surface area contributed by atoms with Crippen molar-refractivity contribution in [2.75, 3.05) is 13.1 Å². The number of esters is 2. The summed E-state index contributed by atoms with van der Waals surface area (Å²) in [4.78, 5) is 24.2. The molecule has 3 aromatic rings. The lowest BCUT2D eigenvalue weighted by Gasteiger charge is -2.37. The smallest absolute Gasteiger partial charge is 0.339 e. The van der Waals surface area contributed by atoms with Crippen LogP contribution in [0.5, 0.6) is 5.75 Å². The first-order valence-corrected chi connectivity index (χ1v) is 9.78. The van der Waals surface area contributed by atoms with Crippen LogP contribution in [-0.4, -0.2) is 25.0 Å². The van der Waals surface area contributed by atoms with Crippen LogP contribution < -0.4 is 10.1 Å². The van der Waals surface area contributed by atoms with E-state index in [1.807, 2.05) is 48.5 Å². The van der Waals surface area contributed by atoms with E-state index < -0.39 is 5.60 Å². The zero-order valence-electron chi connectivity index (χ0n) is 16.3. The van der Waals surface area contributed by atoms with Crippen LogP contribution in [0.1, 0.15) is 35.7 Å². The number of hydrogen-bond acceptors (Lipinski definition) is 5. The van der Waals surface area contributed by atoms with Crippen LogP contribution in [0.15, 0.2) is 66.7 Å². The summed E-state index contributed by atoms with van der Waals surface area (Å²) in [6.07, 6.45) is 1.48. The molecule has 0 amide bonds. The molecule has 1 heterocycles. The predicted molar refractivity (Wildman–Crippen MR) is 111 cm³/mol. The third-order valence-electron chi connectivity index (χ3n) is 5.31. The molecule has 3 aromatic carbocycles. The average Bonchev–Trinajstić information content (AvgIpc) is 2.74. The summed E-state index contributed by atoms with van der Waals surface area (Å²) in [7, 11) is 0. The molecule has 1 saturated heterocycles. The number of nitrogens with one attached hydrogen (secondary N) is 1. The molecule has 0 unspecified atom stereocenters. The Morgan fingerprint density at radius 2 is 1.59 bits per heavy atom. The highest BCUT2D eigenvalue weighted by Crippen LogP contribution is 2.36. The molecule has 5 nitrogen and oxygen atoms in total. The van der Waals surface area contributed by atoms with Gasteiger partial charge in [-0.3, -0.25) is 4.79 Å². The first-order chi connectivity index (χ1) is 14.1. The van der Waals surface area contributed by atoms with Gasteiger partial charge in [0.2, 0.25) is 0 Å². The molecule has 0 spiro atoms. The van der Waals surface area contributed by atoms with Crippen LogP contribution in [0.25, 0.3) is 10.8 Å². The SMILES string of the molecule is CC(=O)Oc1ccc2cc(C(=O)OC3(c4ccccc4)CCNCC3)ccc2c1. The van der Waals surface area contributed by atoms with Crippen molar-refractivity contribution in [3.63, 3.8) is 0 Å². The number of rotatable bonds is 4. The Balaban J connectivity index is 1.61. The molecule has 0 aliphatic carbocycles. The molecule has 1 N–H and O–H groups in total. The van der Waals surface area contributed by atoms with Gasteiger partial charge in [-0.1, -0.05) is 42.5 Å². The quantitative estimate of drug-likeness (QED) is 0.535. The van der Waals surface area contributed by atoms with Crippen molar-refractivity contribution in [2.24, 2.45) is 0 Å². The molecule has 0 aromatic heterocycles. The Bertz CT molecular complexity index is 1040. The zero-order valence-corrected chi connectivity index (χ0v) is 16.3. The van der Waals surface area contributed by atoms with Crippen LogP contribution in [0.3, 0.4) is 0 Å². The van der Waals surface area contributed by atoms with E-state index in [9.17, 15) is 9.59 Å². The summed E-state index contributed by atoms with van der Waals surface area (Å²) < 4.78 is 11.3. The standard InChI is InChI=1S/C24H23NO4/c1-17(26)28-22-10-9-18-15-20(8-7-19(18)16-22)23(27)29-24(11-13-25-14-12-24)21-5-3-2-4-6-21/h2-10,15-16,25H,11-14H2,1H3. The van der Waals surface area contributed by atoms with Crippen molar-refractivity contribution in [1.82, 2.24) is 5.32 Å². The van der Waals surface area contributed by atoms with Crippen molar-refractivity contribution in [3.8, 4) is 5.75 Å². The first-order valence-electron chi connectivity index (χ1n) is 9.78. The lowest BCUT2D eigenvalue weighted by Crippen LogP contribution is -2.43. The van der Waals surface area contributed by atoms with Gasteiger partial charge in [0.05, 0.1) is 5.56 Å². The summed E-state index contributed by atoms with van der Waals surface area (Å²) in [5.41, 5.74) is 0.922. The van der Waals surface area contributed by atoms with E-state index in [1.165, 1.54) is 6.92 Å². The molecule has 0 bridgehead atoms. The Labute approximate surface area is 169 Å². The maximum Gasteiger partial charge on any atom is 0.339 e. The number of carbonyl (C=O) groups is 2. The van der Waals surface area contributed by atoms with E-state index in [2.05, 4.69) is 5.32 Å². The van der Waals surface area contributed by atoms with Gasteiger partial charge in [-0.05, 0) is 53.7 Å². The maximum absolute atomic E-state index is 13.0. The minimum atomic E-state index is -0.613. The number of hydrogen-bond donors (Lipinski definition) is 1. The summed E-state index contributed by atoms with van der Waals surface area (Å²) in [5, 5.41) is 5.11. The molecule has 29 heavy (non-hydrogen) atoms. The molecule has 148 valence electrons. The van der Waals surface area contributed by atoms with E-state index in [0.717, 1.165) is 42.3 Å². The third kappa shape index (κ3) is 4.15. The normalized spacial score (nSPS) is 15.6. The van der Waals surface area contributed by atoms with Crippen LogP contribution in [0.4, 0.5) is 0 Å². The van der Waals surface area contributed by atoms with Crippen LogP contribution in [0, 0.1) is 0 Å². The number of carbonyl (C=O) groups excluding carboxylic acids is 2. The first kappa shape index (κ1) is 19.2. The van der Waals surface area contributed by atoms with Crippen molar-refractivity contribution in [2.45, 2.75) is 25.4 Å². The monoisotopic (exact) mass is 389 g/mol. The lowest BCUT2D eigenvalue weighted by molar-refractivity contribution is -0.131. The summed E-state index contributed by atoms with van der Waals surface area (Å²) in [5.74, 6) is -0.211. The number of fused-ring (bicyclic) bond motifs is 1. The van der Waals surface area contributed by atoms with Gasteiger partial charge in [0.25, 0.3) is 0 Å². The lowest BCUT2D eigenvalue weighted by atomic mass is 9.84. The molecule has 1 aliphatic rings. The van der Waals surface area contributed by atoms with Crippen molar-refractivity contribution in [1.29, 1.82) is 0 Å². The highest BCUT2D eigenvalue weighted by atomic mass is 16.6. The largest absolute Gasteiger partial charge is 0.450 e. The Kier molecular flexibility index (Phi) is 5.32. The third-order valence-corrected chi connectivity index (χ3v) is 5.31. The average molecular weight is 389 g/mol. The summed E-state index contributed by atoms with van der Waals surface area (Å²) >= 11 is 0. The van der Waals surface area contributed by atoms with Crippen LogP contribution in [-0.2, 0) is 15.1 Å². The molecular formula is C24H23NO4. The zero-order chi connectivity index (χ0) is 20.3. The van der Waals surface area contributed by atoms with E-state index >= 15 is 0 Å². The van der Waals surface area contributed by atoms with Gasteiger partial charge in [0.1, 0.15) is 11.4 Å². The van der Waals surface area contributed by atoms with Crippen LogP contribution in [0.2, 0.25) is 0 Å². The van der Waals surface area contributed by atoms with Crippen molar-refractivity contribution < 1.29 is 19.1 Å². The minimum absolute atomic E-state index is 0.332. The van der Waals surface area contributed by atoms with Crippen molar-refractivity contribution in [3.05, 3.63) is 77.9 Å². The second-order valence-electron chi connectivity index (χ2n) is 7.32. The summed E-state index contributed by atoms with van der Waals surface area (Å²) in [6, 6.07) is 20.7. The minimum Gasteiger partial charge on any atom is -0.450 e. The van der Waals surface area contributed by atoms with Gasteiger partial charge < -0.3 is 14.8 Å². The van der Waals surface area contributed by atoms with E-state index in [4.69, 9.17) is 9.47 Å². The molecule has 1 fully saturated rings. The van der Waals surface area contributed by atoms with Gasteiger partial charge in [-0.15, -0.1) is 0 Å². The fraction of sp³-hybridized carbons (Fsp3) is 0.250. The van der Waals surface area contributed by atoms with E-state index in [1.54, 1.807) is 18.2 Å². The topological polar surface area (TPSA) is 64.6 Å². The molecule has 1 aliphatic heterocycles. The van der Waals surface area contributed by atoms with E-state index in [-0.39, 0.29) is 11.9 Å². The Hall–Kier alpha value is -3.18. The fourth-order valence-corrected chi connectivity index (χ4v) is 3.84. The Morgan fingerprint density at radius 1 is 0.897 bits per heavy atom.